The molecule has 2 rings (SSSR count). The zero-order chi connectivity index (χ0) is 14.5. The zero-order valence-corrected chi connectivity index (χ0v) is 11.4. The van der Waals surface area contributed by atoms with E-state index in [1.807, 2.05) is 19.1 Å². The van der Waals surface area contributed by atoms with Crippen LogP contribution in [0.25, 0.3) is 10.9 Å². The standard InChI is InChI=1S/C14H18N4O2/c1-10-3-2-4-11-13(10)17-9-18(14(11)20)8-5-12(19)16-7-6-15/h2-4,9H,5-8,15H2,1H3,(H,16,19). The highest BCUT2D eigenvalue weighted by Crippen LogP contribution is 2.11. The normalized spacial score (nSPS) is 10.7. The van der Waals surface area contributed by atoms with Gasteiger partial charge < -0.3 is 11.1 Å². The van der Waals surface area contributed by atoms with Crippen LogP contribution in [0.4, 0.5) is 0 Å². The molecule has 1 amide bonds. The number of rotatable bonds is 5. The lowest BCUT2D eigenvalue weighted by atomic mass is 10.1. The van der Waals surface area contributed by atoms with Crippen LogP contribution in [0.5, 0.6) is 0 Å². The first-order valence-electron chi connectivity index (χ1n) is 6.55. The minimum absolute atomic E-state index is 0.119. The highest BCUT2D eigenvalue weighted by Gasteiger charge is 2.07. The molecule has 1 heterocycles. The average molecular weight is 274 g/mol. The molecule has 0 unspecified atom stereocenters. The molecule has 6 heteroatoms. The van der Waals surface area contributed by atoms with E-state index in [0.29, 0.717) is 30.5 Å². The van der Waals surface area contributed by atoms with E-state index in [2.05, 4.69) is 10.3 Å². The second-order valence-electron chi connectivity index (χ2n) is 4.60. The maximum Gasteiger partial charge on any atom is 0.261 e. The second-order valence-corrected chi connectivity index (χ2v) is 4.60. The molecule has 0 saturated carbocycles. The van der Waals surface area contributed by atoms with Crippen molar-refractivity contribution in [3.63, 3.8) is 0 Å². The van der Waals surface area contributed by atoms with Gasteiger partial charge in [-0.05, 0) is 18.6 Å². The van der Waals surface area contributed by atoms with Crippen molar-refractivity contribution < 1.29 is 4.79 Å². The third-order valence-electron chi connectivity index (χ3n) is 3.10. The summed E-state index contributed by atoms with van der Waals surface area (Å²) in [6.45, 7) is 3.08. The number of nitrogens with zero attached hydrogens (tertiary/aromatic N) is 2. The van der Waals surface area contributed by atoms with Crippen molar-refractivity contribution in [2.45, 2.75) is 19.9 Å². The summed E-state index contributed by atoms with van der Waals surface area (Å²) in [7, 11) is 0. The largest absolute Gasteiger partial charge is 0.355 e. The van der Waals surface area contributed by atoms with E-state index in [1.165, 1.54) is 10.9 Å². The van der Waals surface area contributed by atoms with Crippen LogP contribution in [-0.2, 0) is 11.3 Å². The van der Waals surface area contributed by atoms with Crippen molar-refractivity contribution in [3.8, 4) is 0 Å². The summed E-state index contributed by atoms with van der Waals surface area (Å²) >= 11 is 0. The second kappa shape index (κ2) is 6.29. The first-order valence-corrected chi connectivity index (χ1v) is 6.55. The van der Waals surface area contributed by atoms with Gasteiger partial charge in [0.05, 0.1) is 17.2 Å². The van der Waals surface area contributed by atoms with Gasteiger partial charge in [-0.1, -0.05) is 12.1 Å². The number of para-hydroxylation sites is 1. The lowest BCUT2D eigenvalue weighted by Gasteiger charge is -2.08. The van der Waals surface area contributed by atoms with E-state index in [0.717, 1.165) is 5.56 Å². The Morgan fingerprint density at radius 2 is 2.25 bits per heavy atom. The molecule has 0 aliphatic rings. The van der Waals surface area contributed by atoms with Crippen molar-refractivity contribution in [1.82, 2.24) is 14.9 Å². The highest BCUT2D eigenvalue weighted by atomic mass is 16.1. The molecule has 106 valence electrons. The topological polar surface area (TPSA) is 90.0 Å². The summed E-state index contributed by atoms with van der Waals surface area (Å²) in [4.78, 5) is 28.1. The average Bonchev–Trinajstić information content (AvgIpc) is 2.45. The van der Waals surface area contributed by atoms with E-state index in [4.69, 9.17) is 5.73 Å². The van der Waals surface area contributed by atoms with Gasteiger partial charge >= 0.3 is 0 Å². The van der Waals surface area contributed by atoms with Gasteiger partial charge in [-0.15, -0.1) is 0 Å². The van der Waals surface area contributed by atoms with Gasteiger partial charge in [-0.3, -0.25) is 14.2 Å². The van der Waals surface area contributed by atoms with Crippen LogP contribution in [0.3, 0.4) is 0 Å². The number of nitrogens with one attached hydrogen (secondary N) is 1. The Balaban J connectivity index is 2.18. The Kier molecular flexibility index (Phi) is 4.47. The number of hydrogen-bond acceptors (Lipinski definition) is 4. The summed E-state index contributed by atoms with van der Waals surface area (Å²) in [5, 5.41) is 3.25. The van der Waals surface area contributed by atoms with Gasteiger partial charge in [0.15, 0.2) is 0 Å². The third kappa shape index (κ3) is 3.03. The van der Waals surface area contributed by atoms with Gasteiger partial charge in [0, 0.05) is 26.1 Å². The Labute approximate surface area is 116 Å². The fraction of sp³-hybridized carbons (Fsp3) is 0.357. The van der Waals surface area contributed by atoms with Gasteiger partial charge in [-0.2, -0.15) is 0 Å². The van der Waals surface area contributed by atoms with E-state index in [-0.39, 0.29) is 17.9 Å². The van der Waals surface area contributed by atoms with Crippen molar-refractivity contribution in [2.75, 3.05) is 13.1 Å². The lowest BCUT2D eigenvalue weighted by molar-refractivity contribution is -0.121. The number of hydrogen-bond donors (Lipinski definition) is 2. The molecule has 0 bridgehead atoms. The summed E-state index contributed by atoms with van der Waals surface area (Å²) in [5.74, 6) is -0.119. The van der Waals surface area contributed by atoms with Crippen molar-refractivity contribution in [3.05, 3.63) is 40.4 Å². The molecule has 0 aliphatic carbocycles. The molecule has 0 radical (unpaired) electrons. The molecular weight excluding hydrogens is 256 g/mol. The number of fused-ring (bicyclic) bond motifs is 1. The SMILES string of the molecule is Cc1cccc2c(=O)n(CCC(=O)NCCN)cnc12. The van der Waals surface area contributed by atoms with E-state index in [1.54, 1.807) is 6.07 Å². The van der Waals surface area contributed by atoms with Gasteiger partial charge in [0.2, 0.25) is 5.91 Å². The van der Waals surface area contributed by atoms with E-state index in [9.17, 15) is 9.59 Å². The van der Waals surface area contributed by atoms with Crippen LogP contribution < -0.4 is 16.6 Å². The molecule has 0 spiro atoms. The zero-order valence-electron chi connectivity index (χ0n) is 11.4. The molecule has 6 nitrogen and oxygen atoms in total. The van der Waals surface area contributed by atoms with Crippen molar-refractivity contribution in [2.24, 2.45) is 5.73 Å². The van der Waals surface area contributed by atoms with Crippen LogP contribution >= 0.6 is 0 Å². The van der Waals surface area contributed by atoms with E-state index >= 15 is 0 Å². The molecule has 1 aromatic heterocycles. The number of carbonyl (C=O) groups is 1. The molecule has 0 saturated heterocycles. The molecular formula is C14H18N4O2. The summed E-state index contributed by atoms with van der Waals surface area (Å²) in [6, 6.07) is 5.50. The molecule has 20 heavy (non-hydrogen) atoms. The van der Waals surface area contributed by atoms with E-state index < -0.39 is 0 Å². The maximum absolute atomic E-state index is 12.3. The molecule has 0 atom stereocenters. The third-order valence-corrected chi connectivity index (χ3v) is 3.10. The monoisotopic (exact) mass is 274 g/mol. The molecule has 2 aromatic rings. The summed E-state index contributed by atoms with van der Waals surface area (Å²) < 4.78 is 1.46. The number of nitrogens with two attached hydrogens (primary N) is 1. The number of amides is 1. The summed E-state index contributed by atoms with van der Waals surface area (Å²) in [6.07, 6.45) is 1.73. The smallest absolute Gasteiger partial charge is 0.261 e. The maximum atomic E-state index is 12.3. The van der Waals surface area contributed by atoms with Crippen LogP contribution in [0.15, 0.2) is 29.3 Å². The molecule has 3 N–H and O–H groups in total. The fourth-order valence-electron chi connectivity index (χ4n) is 2.02. The van der Waals surface area contributed by atoms with Gasteiger partial charge in [0.25, 0.3) is 5.56 Å². The Morgan fingerprint density at radius 3 is 3.00 bits per heavy atom. The quantitative estimate of drug-likeness (QED) is 0.813. The first-order chi connectivity index (χ1) is 9.63. The number of carbonyl (C=O) groups excluding carboxylic acids is 1. The molecule has 0 fully saturated rings. The number of aromatic nitrogens is 2. The van der Waals surface area contributed by atoms with Crippen molar-refractivity contribution >= 4 is 16.8 Å². The number of aryl methyl sites for hydroxylation is 2. The van der Waals surface area contributed by atoms with Gasteiger partial charge in [0.1, 0.15) is 0 Å². The highest BCUT2D eigenvalue weighted by molar-refractivity contribution is 5.80. The van der Waals surface area contributed by atoms with Crippen molar-refractivity contribution in [1.29, 1.82) is 0 Å². The predicted octanol–water partition coefficient (Wildman–Crippen LogP) is 0.170. The predicted molar refractivity (Wildman–Crippen MR) is 77.4 cm³/mol. The van der Waals surface area contributed by atoms with Crippen LogP contribution in [0.1, 0.15) is 12.0 Å². The lowest BCUT2D eigenvalue weighted by Crippen LogP contribution is -2.31. The Bertz CT molecular complexity index is 678. The molecule has 0 aliphatic heterocycles. The fourth-order valence-corrected chi connectivity index (χ4v) is 2.02. The minimum atomic E-state index is -0.120. The van der Waals surface area contributed by atoms with Crippen LogP contribution in [-0.4, -0.2) is 28.5 Å². The minimum Gasteiger partial charge on any atom is -0.355 e. The Hall–Kier alpha value is -2.21. The number of benzene rings is 1. The Morgan fingerprint density at radius 1 is 1.45 bits per heavy atom. The van der Waals surface area contributed by atoms with Gasteiger partial charge in [-0.25, -0.2) is 4.98 Å². The molecule has 1 aromatic carbocycles. The van der Waals surface area contributed by atoms with Crippen LogP contribution in [0, 0.1) is 6.92 Å². The first kappa shape index (κ1) is 14.2. The van der Waals surface area contributed by atoms with Crippen LogP contribution in [0.2, 0.25) is 0 Å². The summed E-state index contributed by atoms with van der Waals surface area (Å²) in [5.41, 5.74) is 6.86.